The lowest BCUT2D eigenvalue weighted by atomic mass is 10.2. The number of ether oxygens (including phenoxy) is 4. The summed E-state index contributed by atoms with van der Waals surface area (Å²) in [7, 11) is 0. The van der Waals surface area contributed by atoms with Crippen molar-refractivity contribution in [3.63, 3.8) is 0 Å². The van der Waals surface area contributed by atoms with Crippen molar-refractivity contribution in [3.8, 4) is 11.5 Å². The molecule has 2 aromatic rings. The number of carbonyl (C=O) groups excluding carboxylic acids is 3. The van der Waals surface area contributed by atoms with E-state index in [1.807, 2.05) is 0 Å². The van der Waals surface area contributed by atoms with E-state index < -0.39 is 24.5 Å². The van der Waals surface area contributed by atoms with Gasteiger partial charge in [0.15, 0.2) is 18.1 Å². The van der Waals surface area contributed by atoms with Gasteiger partial charge in [0.1, 0.15) is 13.2 Å². The molecule has 1 N–H and O–H groups in total. The highest BCUT2D eigenvalue weighted by molar-refractivity contribution is 6.02. The SMILES string of the molecule is CCOC(=O)c1ccccc1NC(=O)COC(=O)/C=C/c1ccc2c(c1)OCCO2. The molecule has 0 bridgehead atoms. The fraction of sp³-hybridized carbons (Fsp3) is 0.227. The zero-order valence-corrected chi connectivity index (χ0v) is 16.4. The van der Waals surface area contributed by atoms with Crippen LogP contribution in [0.5, 0.6) is 11.5 Å². The number of carbonyl (C=O) groups is 3. The molecule has 0 aliphatic carbocycles. The summed E-state index contributed by atoms with van der Waals surface area (Å²) in [5.41, 5.74) is 1.23. The predicted molar refractivity (Wildman–Crippen MR) is 108 cm³/mol. The molecule has 0 atom stereocenters. The van der Waals surface area contributed by atoms with Gasteiger partial charge in [-0.1, -0.05) is 18.2 Å². The molecule has 30 heavy (non-hydrogen) atoms. The number of amides is 1. The molecule has 0 radical (unpaired) electrons. The van der Waals surface area contributed by atoms with Crippen molar-refractivity contribution in [2.75, 3.05) is 31.7 Å². The molecule has 0 fully saturated rings. The summed E-state index contributed by atoms with van der Waals surface area (Å²) in [6.07, 6.45) is 2.76. The molecule has 0 aromatic heterocycles. The van der Waals surface area contributed by atoms with E-state index in [9.17, 15) is 14.4 Å². The Morgan fingerprint density at radius 2 is 1.80 bits per heavy atom. The van der Waals surface area contributed by atoms with Crippen LogP contribution in [0.2, 0.25) is 0 Å². The molecular weight excluding hydrogens is 390 g/mol. The van der Waals surface area contributed by atoms with Gasteiger partial charge in [0, 0.05) is 6.08 Å². The van der Waals surface area contributed by atoms with E-state index in [-0.39, 0.29) is 17.9 Å². The van der Waals surface area contributed by atoms with E-state index in [1.54, 1.807) is 49.4 Å². The first-order chi connectivity index (χ1) is 14.6. The van der Waals surface area contributed by atoms with Crippen LogP contribution in [-0.2, 0) is 19.1 Å². The summed E-state index contributed by atoms with van der Waals surface area (Å²) in [6, 6.07) is 11.7. The highest BCUT2D eigenvalue weighted by atomic mass is 16.6. The number of fused-ring (bicyclic) bond motifs is 1. The van der Waals surface area contributed by atoms with E-state index >= 15 is 0 Å². The van der Waals surface area contributed by atoms with Crippen LogP contribution in [-0.4, -0.2) is 44.3 Å². The normalized spacial score (nSPS) is 12.3. The van der Waals surface area contributed by atoms with Crippen molar-refractivity contribution in [1.29, 1.82) is 0 Å². The van der Waals surface area contributed by atoms with Crippen molar-refractivity contribution in [2.45, 2.75) is 6.92 Å². The predicted octanol–water partition coefficient (Wildman–Crippen LogP) is 2.83. The number of benzene rings is 2. The molecule has 8 heteroatoms. The van der Waals surface area contributed by atoms with Gasteiger partial charge in [-0.2, -0.15) is 0 Å². The summed E-state index contributed by atoms with van der Waals surface area (Å²) < 4.78 is 20.8. The van der Waals surface area contributed by atoms with E-state index in [1.165, 1.54) is 12.1 Å². The molecule has 1 aliphatic rings. The number of para-hydroxylation sites is 1. The average molecular weight is 411 g/mol. The molecule has 3 rings (SSSR count). The summed E-state index contributed by atoms with van der Waals surface area (Å²) in [5.74, 6) is -0.545. The molecule has 1 aliphatic heterocycles. The number of hydrogen-bond acceptors (Lipinski definition) is 7. The monoisotopic (exact) mass is 411 g/mol. The van der Waals surface area contributed by atoms with Crippen LogP contribution in [0, 0.1) is 0 Å². The Bertz CT molecular complexity index is 968. The maximum Gasteiger partial charge on any atom is 0.340 e. The lowest BCUT2D eigenvalue weighted by molar-refractivity contribution is -0.142. The molecule has 1 amide bonds. The van der Waals surface area contributed by atoms with E-state index in [4.69, 9.17) is 18.9 Å². The van der Waals surface area contributed by atoms with Gasteiger partial charge in [-0.05, 0) is 42.8 Å². The molecule has 8 nitrogen and oxygen atoms in total. The maximum absolute atomic E-state index is 12.1. The molecule has 0 spiro atoms. The summed E-state index contributed by atoms with van der Waals surface area (Å²) in [6.45, 7) is 2.38. The van der Waals surface area contributed by atoms with E-state index in [2.05, 4.69) is 5.32 Å². The van der Waals surface area contributed by atoms with Crippen molar-refractivity contribution in [1.82, 2.24) is 0 Å². The number of nitrogens with one attached hydrogen (secondary N) is 1. The lowest BCUT2D eigenvalue weighted by Gasteiger charge is -2.18. The van der Waals surface area contributed by atoms with Crippen molar-refractivity contribution >= 4 is 29.6 Å². The Labute approximate surface area is 173 Å². The number of anilines is 1. The van der Waals surface area contributed by atoms with Crippen LogP contribution < -0.4 is 14.8 Å². The molecule has 1 heterocycles. The summed E-state index contributed by atoms with van der Waals surface area (Å²) in [5, 5.41) is 2.54. The zero-order chi connectivity index (χ0) is 21.3. The quantitative estimate of drug-likeness (QED) is 0.552. The Hall–Kier alpha value is -3.81. The number of hydrogen-bond donors (Lipinski definition) is 1. The van der Waals surface area contributed by atoms with Gasteiger partial charge >= 0.3 is 11.9 Å². The van der Waals surface area contributed by atoms with Crippen molar-refractivity contribution < 1.29 is 33.3 Å². The number of rotatable bonds is 7. The third-order valence-electron chi connectivity index (χ3n) is 4.02. The van der Waals surface area contributed by atoms with E-state index in [0.717, 1.165) is 5.56 Å². The largest absolute Gasteiger partial charge is 0.486 e. The molecule has 0 unspecified atom stereocenters. The first-order valence-corrected chi connectivity index (χ1v) is 9.37. The molecule has 0 saturated heterocycles. The minimum absolute atomic E-state index is 0.217. The van der Waals surface area contributed by atoms with Gasteiger partial charge < -0.3 is 24.3 Å². The van der Waals surface area contributed by atoms with Gasteiger partial charge in [0.05, 0.1) is 17.9 Å². The van der Waals surface area contributed by atoms with Gasteiger partial charge in [-0.25, -0.2) is 9.59 Å². The van der Waals surface area contributed by atoms with Crippen LogP contribution in [0.25, 0.3) is 6.08 Å². The molecule has 156 valence electrons. The smallest absolute Gasteiger partial charge is 0.340 e. The van der Waals surface area contributed by atoms with Crippen LogP contribution in [0.1, 0.15) is 22.8 Å². The summed E-state index contributed by atoms with van der Waals surface area (Å²) in [4.78, 5) is 35.9. The molecule has 2 aromatic carbocycles. The summed E-state index contributed by atoms with van der Waals surface area (Å²) >= 11 is 0. The third kappa shape index (κ3) is 5.60. The van der Waals surface area contributed by atoms with Crippen LogP contribution in [0.4, 0.5) is 5.69 Å². The standard InChI is InChI=1S/C22H21NO7/c1-2-27-22(26)16-5-3-4-6-17(16)23-20(24)14-30-21(25)10-8-15-7-9-18-19(13-15)29-12-11-28-18/h3-10,13H,2,11-12,14H2,1H3,(H,23,24)/b10-8+. The maximum atomic E-state index is 12.1. The van der Waals surface area contributed by atoms with Crippen LogP contribution in [0.15, 0.2) is 48.5 Å². The Kier molecular flexibility index (Phi) is 7.05. The Morgan fingerprint density at radius 3 is 2.60 bits per heavy atom. The minimum Gasteiger partial charge on any atom is -0.486 e. The van der Waals surface area contributed by atoms with Crippen molar-refractivity contribution in [2.24, 2.45) is 0 Å². The fourth-order valence-electron chi connectivity index (χ4n) is 2.68. The minimum atomic E-state index is -0.682. The van der Waals surface area contributed by atoms with Gasteiger partial charge in [-0.3, -0.25) is 4.79 Å². The van der Waals surface area contributed by atoms with Gasteiger partial charge in [0.2, 0.25) is 0 Å². The molecule has 0 saturated carbocycles. The van der Waals surface area contributed by atoms with Crippen molar-refractivity contribution in [3.05, 3.63) is 59.7 Å². The average Bonchev–Trinajstić information content (AvgIpc) is 2.76. The van der Waals surface area contributed by atoms with Crippen LogP contribution in [0.3, 0.4) is 0 Å². The third-order valence-corrected chi connectivity index (χ3v) is 4.02. The zero-order valence-electron chi connectivity index (χ0n) is 16.4. The Balaban J connectivity index is 1.52. The van der Waals surface area contributed by atoms with Gasteiger partial charge in [0.25, 0.3) is 5.91 Å². The first-order valence-electron chi connectivity index (χ1n) is 9.37. The number of esters is 2. The fourth-order valence-corrected chi connectivity index (χ4v) is 2.68. The molecular formula is C22H21NO7. The van der Waals surface area contributed by atoms with Gasteiger partial charge in [-0.15, -0.1) is 0 Å². The highest BCUT2D eigenvalue weighted by Crippen LogP contribution is 2.31. The van der Waals surface area contributed by atoms with E-state index in [0.29, 0.717) is 24.7 Å². The first kappa shape index (κ1) is 20.9. The second kappa shape index (κ2) is 10.1. The second-order valence-corrected chi connectivity index (χ2v) is 6.16. The van der Waals surface area contributed by atoms with Crippen LogP contribution >= 0.6 is 0 Å². The highest BCUT2D eigenvalue weighted by Gasteiger charge is 2.15. The topological polar surface area (TPSA) is 100 Å². The lowest BCUT2D eigenvalue weighted by Crippen LogP contribution is -2.21. The Morgan fingerprint density at radius 1 is 1.03 bits per heavy atom. The second-order valence-electron chi connectivity index (χ2n) is 6.16.